The minimum Gasteiger partial charge on any atom is -0.497 e. The summed E-state index contributed by atoms with van der Waals surface area (Å²) in [6.07, 6.45) is 0. The number of carbonyl (C=O) groups is 1. The molecule has 0 unspecified atom stereocenters. The lowest BCUT2D eigenvalue weighted by molar-refractivity contribution is -0.148. The highest BCUT2D eigenvalue weighted by molar-refractivity contribution is 5.71. The van der Waals surface area contributed by atoms with Crippen LogP contribution in [-0.4, -0.2) is 29.8 Å². The Morgan fingerprint density at radius 3 is 2.62 bits per heavy atom. The van der Waals surface area contributed by atoms with Gasteiger partial charge in [0.05, 0.1) is 7.11 Å². The van der Waals surface area contributed by atoms with Gasteiger partial charge in [-0.2, -0.15) is 4.98 Å². The number of aromatic nitrogens is 2. The Morgan fingerprint density at radius 1 is 1.12 bits per heavy atom. The molecule has 0 aliphatic carbocycles. The molecular formula is C19H18N2O5. The summed E-state index contributed by atoms with van der Waals surface area (Å²) in [4.78, 5) is 16.0. The first-order chi connectivity index (χ1) is 12.7. The largest absolute Gasteiger partial charge is 0.497 e. The van der Waals surface area contributed by atoms with Crippen molar-refractivity contribution in [2.75, 3.05) is 13.7 Å². The van der Waals surface area contributed by atoms with Crippen LogP contribution in [0.15, 0.2) is 53.1 Å². The van der Waals surface area contributed by atoms with Gasteiger partial charge in [-0.3, -0.25) is 0 Å². The Balaban J connectivity index is 1.51. The van der Waals surface area contributed by atoms with Crippen molar-refractivity contribution in [1.82, 2.24) is 10.1 Å². The lowest BCUT2D eigenvalue weighted by Crippen LogP contribution is -2.15. The van der Waals surface area contributed by atoms with Crippen molar-refractivity contribution in [3.05, 3.63) is 60.0 Å². The average molecular weight is 354 g/mol. The van der Waals surface area contributed by atoms with Crippen molar-refractivity contribution >= 4 is 5.97 Å². The number of esters is 1. The van der Waals surface area contributed by atoms with E-state index in [9.17, 15) is 4.79 Å². The van der Waals surface area contributed by atoms with Crippen LogP contribution in [0.25, 0.3) is 11.4 Å². The van der Waals surface area contributed by atoms with Gasteiger partial charge in [0.1, 0.15) is 11.5 Å². The first-order valence-electron chi connectivity index (χ1n) is 7.97. The number of benzene rings is 2. The van der Waals surface area contributed by atoms with E-state index in [1.54, 1.807) is 25.3 Å². The van der Waals surface area contributed by atoms with Crippen LogP contribution in [-0.2, 0) is 16.1 Å². The third-order valence-corrected chi connectivity index (χ3v) is 3.61. The molecule has 7 heteroatoms. The van der Waals surface area contributed by atoms with Gasteiger partial charge in [0.2, 0.25) is 5.82 Å². The van der Waals surface area contributed by atoms with E-state index in [0.717, 1.165) is 16.9 Å². The van der Waals surface area contributed by atoms with E-state index in [1.807, 2.05) is 37.3 Å². The van der Waals surface area contributed by atoms with E-state index in [2.05, 4.69) is 10.1 Å². The highest BCUT2D eigenvalue weighted by Gasteiger charge is 2.12. The minimum absolute atomic E-state index is 0.112. The second-order valence-electron chi connectivity index (χ2n) is 5.46. The number of hydrogen-bond donors (Lipinski definition) is 0. The quantitative estimate of drug-likeness (QED) is 0.603. The monoisotopic (exact) mass is 354 g/mol. The normalized spacial score (nSPS) is 10.4. The maximum Gasteiger partial charge on any atom is 0.344 e. The maximum atomic E-state index is 11.8. The zero-order valence-electron chi connectivity index (χ0n) is 14.5. The van der Waals surface area contributed by atoms with Crippen molar-refractivity contribution in [1.29, 1.82) is 0 Å². The van der Waals surface area contributed by atoms with Gasteiger partial charge in [0, 0.05) is 5.56 Å². The topological polar surface area (TPSA) is 83.7 Å². The molecule has 26 heavy (non-hydrogen) atoms. The molecule has 0 N–H and O–H groups in total. The molecule has 0 bridgehead atoms. The van der Waals surface area contributed by atoms with Gasteiger partial charge in [0.15, 0.2) is 13.2 Å². The number of ether oxygens (including phenoxy) is 3. The summed E-state index contributed by atoms with van der Waals surface area (Å²) in [5.74, 6) is 1.48. The molecule has 1 heterocycles. The molecule has 0 atom stereocenters. The van der Waals surface area contributed by atoms with Crippen LogP contribution in [0, 0.1) is 6.92 Å². The van der Waals surface area contributed by atoms with E-state index in [0.29, 0.717) is 11.6 Å². The Labute approximate surface area is 150 Å². The fourth-order valence-corrected chi connectivity index (χ4v) is 2.21. The summed E-state index contributed by atoms with van der Waals surface area (Å²) in [5, 5.41) is 3.88. The van der Waals surface area contributed by atoms with Gasteiger partial charge < -0.3 is 18.7 Å². The molecule has 0 radical (unpaired) electrons. The van der Waals surface area contributed by atoms with Gasteiger partial charge in [-0.05, 0) is 42.8 Å². The molecule has 2 aromatic carbocycles. The van der Waals surface area contributed by atoms with Crippen LogP contribution in [0.2, 0.25) is 0 Å². The molecule has 134 valence electrons. The van der Waals surface area contributed by atoms with Crippen molar-refractivity contribution in [3.63, 3.8) is 0 Å². The molecule has 1 aromatic heterocycles. The molecule has 3 aromatic rings. The van der Waals surface area contributed by atoms with Crippen LogP contribution in [0.3, 0.4) is 0 Å². The predicted octanol–water partition coefficient (Wildman–Crippen LogP) is 3.18. The van der Waals surface area contributed by atoms with E-state index in [4.69, 9.17) is 18.7 Å². The molecule has 0 amide bonds. The molecule has 0 fully saturated rings. The Hall–Kier alpha value is -3.35. The molecule has 0 spiro atoms. The Bertz CT molecular complexity index is 874. The summed E-state index contributed by atoms with van der Waals surface area (Å²) in [6.45, 7) is 1.60. The molecule has 0 saturated heterocycles. The molecule has 7 nitrogen and oxygen atoms in total. The van der Waals surface area contributed by atoms with Gasteiger partial charge in [-0.15, -0.1) is 0 Å². The zero-order valence-corrected chi connectivity index (χ0v) is 14.5. The van der Waals surface area contributed by atoms with Crippen molar-refractivity contribution in [3.8, 4) is 22.9 Å². The SMILES string of the molecule is COc1ccc(-c2noc(COC(=O)COc3ccccc3C)n2)cc1. The summed E-state index contributed by atoms with van der Waals surface area (Å²) in [7, 11) is 1.60. The summed E-state index contributed by atoms with van der Waals surface area (Å²) in [6, 6.07) is 14.7. The van der Waals surface area contributed by atoms with Gasteiger partial charge in [0.25, 0.3) is 5.89 Å². The lowest BCUT2D eigenvalue weighted by atomic mass is 10.2. The van der Waals surface area contributed by atoms with Crippen LogP contribution < -0.4 is 9.47 Å². The van der Waals surface area contributed by atoms with Crippen molar-refractivity contribution < 1.29 is 23.5 Å². The molecule has 3 rings (SSSR count). The van der Waals surface area contributed by atoms with Crippen LogP contribution in [0.4, 0.5) is 0 Å². The fraction of sp³-hybridized carbons (Fsp3) is 0.211. The first kappa shape index (κ1) is 17.5. The predicted molar refractivity (Wildman–Crippen MR) is 92.8 cm³/mol. The molecule has 0 aliphatic heterocycles. The Kier molecular flexibility index (Phi) is 5.48. The van der Waals surface area contributed by atoms with Crippen molar-refractivity contribution in [2.24, 2.45) is 0 Å². The third-order valence-electron chi connectivity index (χ3n) is 3.61. The zero-order chi connectivity index (χ0) is 18.4. The maximum absolute atomic E-state index is 11.8. The number of aryl methyl sites for hydroxylation is 1. The molecular weight excluding hydrogens is 336 g/mol. The smallest absolute Gasteiger partial charge is 0.344 e. The highest BCUT2D eigenvalue weighted by atomic mass is 16.6. The van der Waals surface area contributed by atoms with E-state index in [-0.39, 0.29) is 19.1 Å². The van der Waals surface area contributed by atoms with E-state index >= 15 is 0 Å². The summed E-state index contributed by atoms with van der Waals surface area (Å²) >= 11 is 0. The molecule has 0 aliphatic rings. The Morgan fingerprint density at radius 2 is 1.88 bits per heavy atom. The number of para-hydroxylation sites is 1. The van der Waals surface area contributed by atoms with E-state index < -0.39 is 5.97 Å². The van der Waals surface area contributed by atoms with Crippen LogP contribution in [0.5, 0.6) is 11.5 Å². The van der Waals surface area contributed by atoms with Gasteiger partial charge >= 0.3 is 5.97 Å². The van der Waals surface area contributed by atoms with Gasteiger partial charge in [-0.1, -0.05) is 23.4 Å². The second kappa shape index (κ2) is 8.15. The van der Waals surface area contributed by atoms with Gasteiger partial charge in [-0.25, -0.2) is 4.79 Å². The number of carbonyl (C=O) groups excluding carboxylic acids is 1. The summed E-state index contributed by atoms with van der Waals surface area (Å²) in [5.41, 5.74) is 1.72. The number of nitrogens with zero attached hydrogens (tertiary/aromatic N) is 2. The van der Waals surface area contributed by atoms with Crippen LogP contribution in [0.1, 0.15) is 11.5 Å². The number of hydrogen-bond acceptors (Lipinski definition) is 7. The molecule has 0 saturated carbocycles. The number of rotatable bonds is 7. The van der Waals surface area contributed by atoms with Crippen molar-refractivity contribution in [2.45, 2.75) is 13.5 Å². The lowest BCUT2D eigenvalue weighted by Gasteiger charge is -2.07. The first-order valence-corrected chi connectivity index (χ1v) is 7.97. The highest BCUT2D eigenvalue weighted by Crippen LogP contribution is 2.20. The minimum atomic E-state index is -0.516. The summed E-state index contributed by atoms with van der Waals surface area (Å²) < 4.78 is 20.7. The van der Waals surface area contributed by atoms with E-state index in [1.165, 1.54) is 0 Å². The third kappa shape index (κ3) is 4.38. The average Bonchev–Trinajstić information content (AvgIpc) is 3.15. The number of methoxy groups -OCH3 is 1. The standard InChI is InChI=1S/C19H18N2O5/c1-13-5-3-4-6-16(13)24-12-18(22)25-11-17-20-19(21-26-17)14-7-9-15(23-2)10-8-14/h3-10H,11-12H2,1-2H3. The second-order valence-corrected chi connectivity index (χ2v) is 5.46. The fourth-order valence-electron chi connectivity index (χ4n) is 2.21. The van der Waals surface area contributed by atoms with Crippen LogP contribution >= 0.6 is 0 Å².